The molecule has 1 aliphatic heterocycles. The molecule has 0 aromatic rings. The highest BCUT2D eigenvalue weighted by atomic mass is 32.2. The summed E-state index contributed by atoms with van der Waals surface area (Å²) in [6, 6.07) is 0. The van der Waals surface area contributed by atoms with E-state index in [9.17, 15) is 4.79 Å². The molecule has 0 aromatic heterocycles. The van der Waals surface area contributed by atoms with Crippen LogP contribution in [0.4, 0.5) is 0 Å². The van der Waals surface area contributed by atoms with E-state index in [4.69, 9.17) is 18.9 Å². The maximum Gasteiger partial charge on any atom is 0.322 e. The Balaban J connectivity index is 1.91. The molecule has 5 nitrogen and oxygen atoms in total. The molecule has 0 aliphatic carbocycles. The molecule has 0 aromatic carbocycles. The molecule has 1 saturated heterocycles. The van der Waals surface area contributed by atoms with Crippen LogP contribution < -0.4 is 0 Å². The van der Waals surface area contributed by atoms with Crippen LogP contribution in [-0.2, 0) is 23.7 Å². The summed E-state index contributed by atoms with van der Waals surface area (Å²) in [5.74, 6) is 0.0450. The Labute approximate surface area is 183 Å². The standard InChI is InChI=1S/C23H44O5S/c1-5-26-23(27-6-2,28-7-3)18-16-14-12-10-8-9-11-13-15-17-19-25-21(24)22(4)20-29-22/h5-20H2,1-4H3. The van der Waals surface area contributed by atoms with Crippen molar-refractivity contribution in [1.29, 1.82) is 0 Å². The third-order valence-corrected chi connectivity index (χ3v) is 6.53. The topological polar surface area (TPSA) is 54.0 Å². The Kier molecular flexibility index (Phi) is 14.3. The normalized spacial score (nSPS) is 18.8. The second-order valence-electron chi connectivity index (χ2n) is 7.92. The highest BCUT2D eigenvalue weighted by Gasteiger charge is 2.47. The van der Waals surface area contributed by atoms with Crippen LogP contribution in [0.2, 0.25) is 0 Å². The number of thioether (sulfide) groups is 1. The predicted molar refractivity (Wildman–Crippen MR) is 120 cm³/mol. The quantitative estimate of drug-likeness (QED) is 0.100. The lowest BCUT2D eigenvalue weighted by atomic mass is 10.1. The van der Waals surface area contributed by atoms with Crippen LogP contribution in [0.1, 0.15) is 98.3 Å². The summed E-state index contributed by atoms with van der Waals surface area (Å²) in [5.41, 5.74) is 0. The first-order valence-electron chi connectivity index (χ1n) is 11.7. The van der Waals surface area contributed by atoms with Gasteiger partial charge in [-0.25, -0.2) is 0 Å². The molecule has 1 atom stereocenters. The van der Waals surface area contributed by atoms with Crippen LogP contribution >= 0.6 is 11.8 Å². The van der Waals surface area contributed by atoms with Crippen molar-refractivity contribution in [2.45, 2.75) is 109 Å². The van der Waals surface area contributed by atoms with Gasteiger partial charge in [0.25, 0.3) is 5.97 Å². The molecule has 0 amide bonds. The summed E-state index contributed by atoms with van der Waals surface area (Å²) in [7, 11) is 0. The summed E-state index contributed by atoms with van der Waals surface area (Å²) < 4.78 is 22.4. The lowest BCUT2D eigenvalue weighted by Gasteiger charge is -2.32. The Morgan fingerprint density at radius 1 is 0.793 bits per heavy atom. The van der Waals surface area contributed by atoms with Crippen LogP contribution in [0.5, 0.6) is 0 Å². The van der Waals surface area contributed by atoms with Gasteiger partial charge in [0.15, 0.2) is 0 Å². The number of hydrogen-bond donors (Lipinski definition) is 0. The average Bonchev–Trinajstić information content (AvgIpc) is 3.45. The Bertz CT molecular complexity index is 408. The minimum absolute atomic E-state index is 0.0245. The maximum absolute atomic E-state index is 11.7. The van der Waals surface area contributed by atoms with Crippen LogP contribution in [-0.4, -0.2) is 48.9 Å². The van der Waals surface area contributed by atoms with Crippen molar-refractivity contribution in [3.8, 4) is 0 Å². The molecule has 0 radical (unpaired) electrons. The number of hydrogen-bond acceptors (Lipinski definition) is 6. The number of carbonyl (C=O) groups excluding carboxylic acids is 1. The Morgan fingerprint density at radius 3 is 1.62 bits per heavy atom. The van der Waals surface area contributed by atoms with E-state index in [-0.39, 0.29) is 10.7 Å². The first kappa shape index (κ1) is 26.7. The molecule has 6 heteroatoms. The monoisotopic (exact) mass is 432 g/mol. The van der Waals surface area contributed by atoms with Gasteiger partial charge in [-0.3, -0.25) is 4.79 Å². The van der Waals surface area contributed by atoms with Gasteiger partial charge >= 0.3 is 5.97 Å². The molecule has 172 valence electrons. The number of esters is 1. The molecule has 29 heavy (non-hydrogen) atoms. The van der Waals surface area contributed by atoms with Gasteiger partial charge < -0.3 is 18.9 Å². The fourth-order valence-corrected chi connectivity index (χ4v) is 3.91. The van der Waals surface area contributed by atoms with E-state index >= 15 is 0 Å². The molecular formula is C23H44O5S. The Morgan fingerprint density at radius 2 is 1.21 bits per heavy atom. The molecule has 1 heterocycles. The van der Waals surface area contributed by atoms with Crippen LogP contribution in [0, 0.1) is 0 Å². The third kappa shape index (κ3) is 11.6. The van der Waals surface area contributed by atoms with Gasteiger partial charge in [-0.2, -0.15) is 0 Å². The number of carbonyl (C=O) groups is 1. The molecular weight excluding hydrogens is 388 g/mol. The second kappa shape index (κ2) is 15.5. The first-order chi connectivity index (χ1) is 14.0. The highest BCUT2D eigenvalue weighted by Crippen LogP contribution is 2.44. The summed E-state index contributed by atoms with van der Waals surface area (Å²) in [4.78, 5) is 11.7. The molecule has 0 bridgehead atoms. The van der Waals surface area contributed by atoms with Gasteiger partial charge in [-0.05, 0) is 40.5 Å². The highest BCUT2D eigenvalue weighted by molar-refractivity contribution is 8.08. The Hall–Kier alpha value is -0.300. The first-order valence-corrected chi connectivity index (χ1v) is 12.7. The van der Waals surface area contributed by atoms with Gasteiger partial charge in [0, 0.05) is 32.0 Å². The van der Waals surface area contributed by atoms with Crippen molar-refractivity contribution < 1.29 is 23.7 Å². The predicted octanol–water partition coefficient (Wildman–Crippen LogP) is 6.09. The lowest BCUT2D eigenvalue weighted by Crippen LogP contribution is -2.39. The fourth-order valence-electron chi connectivity index (χ4n) is 3.40. The molecule has 0 N–H and O–H groups in total. The van der Waals surface area contributed by atoms with E-state index < -0.39 is 5.97 Å². The van der Waals surface area contributed by atoms with Gasteiger partial charge in [-0.1, -0.05) is 51.4 Å². The zero-order valence-electron chi connectivity index (χ0n) is 19.3. The smallest absolute Gasteiger partial charge is 0.322 e. The van der Waals surface area contributed by atoms with Crippen LogP contribution in [0.3, 0.4) is 0 Å². The molecule has 1 aliphatic rings. The maximum atomic E-state index is 11.7. The fraction of sp³-hybridized carbons (Fsp3) is 0.957. The van der Waals surface area contributed by atoms with E-state index in [1.807, 2.05) is 27.7 Å². The minimum Gasteiger partial charge on any atom is -0.465 e. The second-order valence-corrected chi connectivity index (χ2v) is 9.40. The number of unbranched alkanes of at least 4 members (excludes halogenated alkanes) is 9. The molecule has 1 fully saturated rings. The van der Waals surface area contributed by atoms with Crippen molar-refractivity contribution in [1.82, 2.24) is 0 Å². The lowest BCUT2D eigenvalue weighted by molar-refractivity contribution is -0.380. The summed E-state index contributed by atoms with van der Waals surface area (Å²) in [6.07, 6.45) is 12.9. The largest absolute Gasteiger partial charge is 0.465 e. The van der Waals surface area contributed by atoms with Crippen LogP contribution in [0.15, 0.2) is 0 Å². The molecule has 1 unspecified atom stereocenters. The van der Waals surface area contributed by atoms with Gasteiger partial charge in [0.1, 0.15) is 4.75 Å². The van der Waals surface area contributed by atoms with Crippen molar-refractivity contribution in [2.24, 2.45) is 0 Å². The summed E-state index contributed by atoms with van der Waals surface area (Å²) in [6.45, 7) is 10.3. The zero-order valence-corrected chi connectivity index (χ0v) is 20.1. The van der Waals surface area contributed by atoms with E-state index in [0.29, 0.717) is 26.4 Å². The SMILES string of the molecule is CCOC(CCCCCCCCCCCCOC(=O)C1(C)CS1)(OCC)OCC. The van der Waals surface area contributed by atoms with Crippen molar-refractivity contribution in [3.05, 3.63) is 0 Å². The molecule has 0 saturated carbocycles. The third-order valence-electron chi connectivity index (χ3n) is 5.21. The van der Waals surface area contributed by atoms with Crippen molar-refractivity contribution in [2.75, 3.05) is 32.2 Å². The summed E-state index contributed by atoms with van der Waals surface area (Å²) in [5, 5.41) is 0. The molecule has 0 spiro atoms. The van der Waals surface area contributed by atoms with Crippen molar-refractivity contribution in [3.63, 3.8) is 0 Å². The van der Waals surface area contributed by atoms with E-state index in [1.165, 1.54) is 44.9 Å². The van der Waals surface area contributed by atoms with E-state index in [1.54, 1.807) is 11.8 Å². The van der Waals surface area contributed by atoms with Crippen LogP contribution in [0.25, 0.3) is 0 Å². The van der Waals surface area contributed by atoms with Gasteiger partial charge in [-0.15, -0.1) is 11.8 Å². The van der Waals surface area contributed by atoms with Gasteiger partial charge in [0.05, 0.1) is 6.61 Å². The average molecular weight is 433 g/mol. The zero-order chi connectivity index (χ0) is 21.4. The minimum atomic E-state index is -0.845. The van der Waals surface area contributed by atoms with Gasteiger partial charge in [0.2, 0.25) is 0 Å². The number of ether oxygens (including phenoxy) is 4. The molecule has 1 rings (SSSR count). The summed E-state index contributed by atoms with van der Waals surface area (Å²) >= 11 is 1.68. The van der Waals surface area contributed by atoms with Crippen molar-refractivity contribution >= 4 is 17.7 Å². The van der Waals surface area contributed by atoms with E-state index in [0.717, 1.165) is 31.4 Å². The number of rotatable bonds is 20. The van der Waals surface area contributed by atoms with E-state index in [2.05, 4.69) is 0 Å².